The zero-order valence-electron chi connectivity index (χ0n) is 10.5. The lowest BCUT2D eigenvalue weighted by atomic mass is 10.1. The average Bonchev–Trinajstić information content (AvgIpc) is 2.16. The summed E-state index contributed by atoms with van der Waals surface area (Å²) < 4.78 is 5.33. The Morgan fingerprint density at radius 3 is 2.81 bits per heavy atom. The van der Waals surface area contributed by atoms with E-state index in [0.717, 1.165) is 19.4 Å². The van der Waals surface area contributed by atoms with Gasteiger partial charge in [0.2, 0.25) is 0 Å². The van der Waals surface area contributed by atoms with E-state index in [-0.39, 0.29) is 6.09 Å². The summed E-state index contributed by atoms with van der Waals surface area (Å²) in [5, 5.41) is 0. The van der Waals surface area contributed by atoms with Crippen LogP contribution in [0.3, 0.4) is 0 Å². The first-order chi connectivity index (χ1) is 7.42. The van der Waals surface area contributed by atoms with Crippen LogP contribution in [0.15, 0.2) is 11.6 Å². The lowest BCUT2D eigenvalue weighted by Crippen LogP contribution is -2.40. The molecule has 0 saturated carbocycles. The van der Waals surface area contributed by atoms with Gasteiger partial charge in [-0.1, -0.05) is 11.6 Å². The molecule has 1 amide bonds. The van der Waals surface area contributed by atoms with Gasteiger partial charge in [-0.15, -0.1) is 0 Å². The van der Waals surface area contributed by atoms with E-state index >= 15 is 0 Å². The number of hydrogen-bond acceptors (Lipinski definition) is 3. The number of hydrogen-bond donors (Lipinski definition) is 1. The summed E-state index contributed by atoms with van der Waals surface area (Å²) in [4.78, 5) is 13.6. The predicted molar refractivity (Wildman–Crippen MR) is 64.2 cm³/mol. The molecule has 1 saturated heterocycles. The van der Waals surface area contributed by atoms with Crippen LogP contribution >= 0.6 is 0 Å². The molecule has 4 heteroatoms. The summed E-state index contributed by atoms with van der Waals surface area (Å²) >= 11 is 0. The summed E-state index contributed by atoms with van der Waals surface area (Å²) in [6.45, 7) is 7.61. The van der Waals surface area contributed by atoms with Crippen LogP contribution in [0, 0.1) is 0 Å². The third-order valence-electron chi connectivity index (χ3n) is 2.38. The molecule has 0 bridgehead atoms. The number of rotatable bonds is 1. The molecule has 0 aromatic carbocycles. The highest BCUT2D eigenvalue weighted by Crippen LogP contribution is 2.18. The van der Waals surface area contributed by atoms with Crippen molar-refractivity contribution in [3.05, 3.63) is 11.6 Å². The number of amides is 1. The van der Waals surface area contributed by atoms with Crippen molar-refractivity contribution in [2.24, 2.45) is 5.73 Å². The van der Waals surface area contributed by atoms with Gasteiger partial charge in [0.1, 0.15) is 5.60 Å². The second kappa shape index (κ2) is 5.34. The Hall–Kier alpha value is -1.03. The van der Waals surface area contributed by atoms with E-state index in [1.54, 1.807) is 4.90 Å². The molecule has 0 unspecified atom stereocenters. The number of ether oxygens (including phenoxy) is 1. The molecule has 1 aliphatic rings. The Balaban J connectivity index is 2.54. The van der Waals surface area contributed by atoms with Gasteiger partial charge in [0, 0.05) is 19.6 Å². The fourth-order valence-corrected chi connectivity index (χ4v) is 1.72. The van der Waals surface area contributed by atoms with E-state index in [2.05, 4.69) is 0 Å². The van der Waals surface area contributed by atoms with Gasteiger partial charge >= 0.3 is 6.09 Å². The Morgan fingerprint density at radius 1 is 1.56 bits per heavy atom. The topological polar surface area (TPSA) is 55.6 Å². The Bertz CT molecular complexity index is 279. The third-order valence-corrected chi connectivity index (χ3v) is 2.38. The van der Waals surface area contributed by atoms with Crippen LogP contribution in [-0.2, 0) is 4.74 Å². The van der Waals surface area contributed by atoms with Crippen LogP contribution in [0.25, 0.3) is 0 Å². The number of carbonyl (C=O) groups excluding carboxylic acids is 1. The molecule has 4 nitrogen and oxygen atoms in total. The average molecular weight is 226 g/mol. The maximum atomic E-state index is 11.8. The second-order valence-corrected chi connectivity index (χ2v) is 5.10. The molecule has 0 aromatic heterocycles. The zero-order valence-corrected chi connectivity index (χ0v) is 10.5. The normalized spacial score (nSPS) is 20.0. The maximum absolute atomic E-state index is 11.8. The van der Waals surface area contributed by atoms with E-state index in [4.69, 9.17) is 10.5 Å². The highest BCUT2D eigenvalue weighted by atomic mass is 16.6. The fourth-order valence-electron chi connectivity index (χ4n) is 1.72. The van der Waals surface area contributed by atoms with Gasteiger partial charge in [-0.25, -0.2) is 4.79 Å². The van der Waals surface area contributed by atoms with Crippen molar-refractivity contribution in [1.29, 1.82) is 0 Å². The highest BCUT2D eigenvalue weighted by molar-refractivity contribution is 5.68. The molecule has 2 N–H and O–H groups in total. The molecule has 0 aromatic rings. The van der Waals surface area contributed by atoms with E-state index < -0.39 is 5.60 Å². The molecule has 92 valence electrons. The van der Waals surface area contributed by atoms with Crippen molar-refractivity contribution in [3.63, 3.8) is 0 Å². The first-order valence-corrected chi connectivity index (χ1v) is 5.78. The first-order valence-electron chi connectivity index (χ1n) is 5.78. The largest absolute Gasteiger partial charge is 0.444 e. The molecule has 1 aliphatic heterocycles. The SMILES string of the molecule is CC(C)(C)OC(=O)N1CCC/C(=C\CN)C1. The molecule has 1 rings (SSSR count). The van der Waals surface area contributed by atoms with Crippen molar-refractivity contribution in [2.75, 3.05) is 19.6 Å². The van der Waals surface area contributed by atoms with Gasteiger partial charge in [-0.2, -0.15) is 0 Å². The van der Waals surface area contributed by atoms with Gasteiger partial charge < -0.3 is 15.4 Å². The van der Waals surface area contributed by atoms with Crippen molar-refractivity contribution >= 4 is 6.09 Å². The number of likely N-dealkylation sites (tertiary alicyclic amines) is 1. The maximum Gasteiger partial charge on any atom is 0.410 e. The van der Waals surface area contributed by atoms with Gasteiger partial charge in [0.15, 0.2) is 0 Å². The molecule has 16 heavy (non-hydrogen) atoms. The van der Waals surface area contributed by atoms with Crippen LogP contribution in [0.2, 0.25) is 0 Å². The molecule has 1 fully saturated rings. The molecule has 1 heterocycles. The summed E-state index contributed by atoms with van der Waals surface area (Å²) in [7, 11) is 0. The number of piperidine rings is 1. The molecule has 0 atom stereocenters. The van der Waals surface area contributed by atoms with Crippen molar-refractivity contribution in [1.82, 2.24) is 4.90 Å². The minimum absolute atomic E-state index is 0.227. The summed E-state index contributed by atoms with van der Waals surface area (Å²) in [6.07, 6.45) is 3.80. The Kier molecular flexibility index (Phi) is 4.35. The van der Waals surface area contributed by atoms with Crippen molar-refractivity contribution in [3.8, 4) is 0 Å². The van der Waals surface area contributed by atoms with E-state index in [9.17, 15) is 4.79 Å². The second-order valence-electron chi connectivity index (χ2n) is 5.10. The molecular formula is C12H22N2O2. The standard InChI is InChI=1S/C12H22N2O2/c1-12(2,3)16-11(15)14-8-4-5-10(9-14)6-7-13/h6H,4-5,7-9,13H2,1-3H3/b10-6+. The number of nitrogens with zero attached hydrogens (tertiary/aromatic N) is 1. The highest BCUT2D eigenvalue weighted by Gasteiger charge is 2.24. The minimum atomic E-state index is -0.424. The van der Waals surface area contributed by atoms with E-state index in [0.29, 0.717) is 13.1 Å². The molecular weight excluding hydrogens is 204 g/mol. The van der Waals surface area contributed by atoms with Crippen molar-refractivity contribution < 1.29 is 9.53 Å². The summed E-state index contributed by atoms with van der Waals surface area (Å²) in [5.41, 5.74) is 6.28. The van der Waals surface area contributed by atoms with Crippen LogP contribution in [0.1, 0.15) is 33.6 Å². The zero-order chi connectivity index (χ0) is 12.2. The molecule has 0 aliphatic carbocycles. The Morgan fingerprint density at radius 2 is 2.25 bits per heavy atom. The minimum Gasteiger partial charge on any atom is -0.444 e. The smallest absolute Gasteiger partial charge is 0.410 e. The summed E-state index contributed by atoms with van der Waals surface area (Å²) in [5.74, 6) is 0. The van der Waals surface area contributed by atoms with E-state index in [1.807, 2.05) is 26.8 Å². The number of carbonyl (C=O) groups is 1. The van der Waals surface area contributed by atoms with Gasteiger partial charge in [-0.3, -0.25) is 0 Å². The first kappa shape index (κ1) is 13.0. The quantitative estimate of drug-likeness (QED) is 0.695. The van der Waals surface area contributed by atoms with Gasteiger partial charge in [0.25, 0.3) is 0 Å². The van der Waals surface area contributed by atoms with Crippen molar-refractivity contribution in [2.45, 2.75) is 39.2 Å². The van der Waals surface area contributed by atoms with Crippen LogP contribution in [-0.4, -0.2) is 36.2 Å². The van der Waals surface area contributed by atoms with Gasteiger partial charge in [0.05, 0.1) is 0 Å². The van der Waals surface area contributed by atoms with E-state index in [1.165, 1.54) is 5.57 Å². The third kappa shape index (κ3) is 4.23. The lowest BCUT2D eigenvalue weighted by Gasteiger charge is -2.31. The van der Waals surface area contributed by atoms with Crippen LogP contribution in [0.5, 0.6) is 0 Å². The Labute approximate surface area is 97.4 Å². The molecule has 0 spiro atoms. The fraction of sp³-hybridized carbons (Fsp3) is 0.750. The van der Waals surface area contributed by atoms with Crippen LogP contribution < -0.4 is 5.73 Å². The van der Waals surface area contributed by atoms with Gasteiger partial charge in [-0.05, 0) is 33.6 Å². The molecule has 0 radical (unpaired) electrons. The summed E-state index contributed by atoms with van der Waals surface area (Å²) in [6, 6.07) is 0. The monoisotopic (exact) mass is 226 g/mol. The number of nitrogens with two attached hydrogens (primary N) is 1. The van der Waals surface area contributed by atoms with Crippen LogP contribution in [0.4, 0.5) is 4.79 Å². The predicted octanol–water partition coefficient (Wildman–Crippen LogP) is 1.90. The lowest BCUT2D eigenvalue weighted by molar-refractivity contribution is 0.0246.